The fourth-order valence-corrected chi connectivity index (χ4v) is 2.40. The summed E-state index contributed by atoms with van der Waals surface area (Å²) in [4.78, 5) is 12.5. The summed E-state index contributed by atoms with van der Waals surface area (Å²) < 4.78 is 11.2. The van der Waals surface area contributed by atoms with Crippen LogP contribution in [-0.2, 0) is 0 Å². The molecule has 0 radical (unpaired) electrons. The van der Waals surface area contributed by atoms with E-state index in [2.05, 4.69) is 0 Å². The molecule has 2 aromatic carbocycles. The monoisotopic (exact) mass is 408 g/mol. The Morgan fingerprint density at radius 2 is 1.64 bits per heavy atom. The molecule has 28 heavy (non-hydrogen) atoms. The van der Waals surface area contributed by atoms with E-state index in [-0.39, 0.29) is 123 Å². The van der Waals surface area contributed by atoms with Gasteiger partial charge in [0.15, 0.2) is 5.43 Å². The van der Waals surface area contributed by atoms with E-state index in [0.29, 0.717) is 12.2 Å². The van der Waals surface area contributed by atoms with Crippen molar-refractivity contribution in [2.45, 2.75) is 13.8 Å². The summed E-state index contributed by atoms with van der Waals surface area (Å²) in [7, 11) is 0. The smallest absolute Gasteiger partial charge is 0.873 e. The Morgan fingerprint density at radius 1 is 0.964 bits per heavy atom. The summed E-state index contributed by atoms with van der Waals surface area (Å²) in [5.41, 5.74) is -0.0226. The van der Waals surface area contributed by atoms with Crippen molar-refractivity contribution in [1.29, 1.82) is 0 Å². The number of rotatable bonds is 4. The summed E-state index contributed by atoms with van der Waals surface area (Å²) in [5.74, 6) is -1.19. The van der Waals surface area contributed by atoms with Crippen LogP contribution < -0.4 is 114 Å². The van der Waals surface area contributed by atoms with Crippen LogP contribution in [0, 0.1) is 5.92 Å². The van der Waals surface area contributed by atoms with Crippen molar-refractivity contribution in [2.75, 3.05) is 6.61 Å². The van der Waals surface area contributed by atoms with Gasteiger partial charge in [0.2, 0.25) is 0 Å². The quantitative estimate of drug-likeness (QED) is 0.397. The molecule has 0 saturated heterocycles. The molecule has 3 rings (SSSR count). The average Bonchev–Trinajstić information content (AvgIpc) is 2.54. The average molecular weight is 408 g/mol. The van der Waals surface area contributed by atoms with Crippen LogP contribution in [0.15, 0.2) is 45.6 Å². The summed E-state index contributed by atoms with van der Waals surface area (Å²) in [6.07, 6.45) is 0. The first-order valence-corrected chi connectivity index (χ1v) is 7.75. The fraction of sp³-hybridized carbons (Fsp3) is 0.211. The normalized spacial score (nSPS) is 9.96. The molecular formula is C19H15Na3O6. The minimum absolute atomic E-state index is 0. The van der Waals surface area contributed by atoms with Gasteiger partial charge in [0.1, 0.15) is 22.5 Å². The van der Waals surface area contributed by atoms with Gasteiger partial charge in [-0.05, 0) is 18.1 Å². The van der Waals surface area contributed by atoms with E-state index in [9.17, 15) is 20.1 Å². The van der Waals surface area contributed by atoms with Crippen LogP contribution in [0.1, 0.15) is 13.8 Å². The van der Waals surface area contributed by atoms with Crippen LogP contribution in [0.4, 0.5) is 0 Å². The predicted molar refractivity (Wildman–Crippen MR) is 86.6 cm³/mol. The standard InChI is InChI=1S/C19H18O6.3Na/c1-10(2)9-24-17-6-12(20)7-18-19(17)15(23)8-16(25-18)11-3-4-13(21)14(22)5-11;;;/h3-8,10,20-22H,9H2,1-2H3;;;/q;3*+1/p-3. The van der Waals surface area contributed by atoms with Crippen LogP contribution in [-0.4, -0.2) is 6.61 Å². The minimum atomic E-state index is -0.696. The molecule has 0 amide bonds. The van der Waals surface area contributed by atoms with Crippen LogP contribution in [0.2, 0.25) is 0 Å². The van der Waals surface area contributed by atoms with Gasteiger partial charge in [0, 0.05) is 11.6 Å². The fourth-order valence-electron chi connectivity index (χ4n) is 2.40. The van der Waals surface area contributed by atoms with Gasteiger partial charge in [-0.1, -0.05) is 32.0 Å². The minimum Gasteiger partial charge on any atom is -0.873 e. The summed E-state index contributed by atoms with van der Waals surface area (Å²) in [5, 5.41) is 34.8. The van der Waals surface area contributed by atoms with E-state index in [0.717, 1.165) is 12.1 Å². The Labute approximate surface area is 228 Å². The Bertz CT molecular complexity index is 1000. The Balaban J connectivity index is 0.00000243. The molecule has 0 fully saturated rings. The molecule has 3 aromatic rings. The summed E-state index contributed by atoms with van der Waals surface area (Å²) in [6, 6.07) is 7.28. The van der Waals surface area contributed by atoms with Gasteiger partial charge in [-0.25, -0.2) is 0 Å². The molecule has 130 valence electrons. The molecule has 1 aromatic heterocycles. The van der Waals surface area contributed by atoms with Gasteiger partial charge in [-0.3, -0.25) is 4.79 Å². The first kappa shape index (κ1) is 27.8. The van der Waals surface area contributed by atoms with E-state index in [1.807, 2.05) is 13.8 Å². The van der Waals surface area contributed by atoms with Gasteiger partial charge in [0.05, 0.1) is 6.61 Å². The maximum absolute atomic E-state index is 12.5. The van der Waals surface area contributed by atoms with Crippen molar-refractivity contribution in [1.82, 2.24) is 0 Å². The Morgan fingerprint density at radius 3 is 2.25 bits per heavy atom. The third kappa shape index (κ3) is 6.42. The van der Waals surface area contributed by atoms with E-state index in [1.165, 1.54) is 24.3 Å². The SMILES string of the molecule is CC(C)COc1cc([O-])cc2oc(-c3ccc([O-])c([O-])c3)cc(=O)c12.[Na+].[Na+].[Na+]. The van der Waals surface area contributed by atoms with Gasteiger partial charge < -0.3 is 24.5 Å². The molecule has 0 N–H and O–H groups in total. The zero-order valence-corrected chi connectivity index (χ0v) is 22.7. The van der Waals surface area contributed by atoms with E-state index >= 15 is 0 Å². The largest absolute Gasteiger partial charge is 1.00 e. The molecule has 6 nitrogen and oxygen atoms in total. The number of fused-ring (bicyclic) bond motifs is 1. The second kappa shape index (κ2) is 11.9. The third-order valence-corrected chi connectivity index (χ3v) is 3.57. The molecule has 0 saturated carbocycles. The van der Waals surface area contributed by atoms with Crippen LogP contribution in [0.5, 0.6) is 23.0 Å². The molecule has 0 spiro atoms. The van der Waals surface area contributed by atoms with E-state index in [4.69, 9.17) is 9.15 Å². The van der Waals surface area contributed by atoms with Crippen molar-refractivity contribution in [3.05, 3.63) is 46.6 Å². The first-order chi connectivity index (χ1) is 11.8. The zero-order chi connectivity index (χ0) is 18.1. The molecule has 1 heterocycles. The second-order valence-electron chi connectivity index (χ2n) is 6.14. The first-order valence-electron chi connectivity index (χ1n) is 7.75. The Hall–Kier alpha value is -0.150. The van der Waals surface area contributed by atoms with Crippen molar-refractivity contribution in [2.24, 2.45) is 5.92 Å². The molecule has 0 aliphatic rings. The predicted octanol–water partition coefficient (Wildman–Crippen LogP) is -7.27. The second-order valence-corrected chi connectivity index (χ2v) is 6.14. The van der Waals surface area contributed by atoms with Crippen molar-refractivity contribution < 1.29 is 113 Å². The Kier molecular flexibility index (Phi) is 11.8. The molecular weight excluding hydrogens is 393 g/mol. The van der Waals surface area contributed by atoms with Crippen molar-refractivity contribution in [3.8, 4) is 34.3 Å². The zero-order valence-electron chi connectivity index (χ0n) is 16.7. The summed E-state index contributed by atoms with van der Waals surface area (Å²) >= 11 is 0. The van der Waals surface area contributed by atoms with Crippen LogP contribution in [0.3, 0.4) is 0 Å². The van der Waals surface area contributed by atoms with Crippen LogP contribution in [0.25, 0.3) is 22.3 Å². The van der Waals surface area contributed by atoms with E-state index in [1.54, 1.807) is 0 Å². The third-order valence-electron chi connectivity index (χ3n) is 3.57. The maximum atomic E-state index is 12.5. The number of hydrogen-bond acceptors (Lipinski definition) is 6. The molecule has 0 bridgehead atoms. The molecule has 0 unspecified atom stereocenters. The maximum Gasteiger partial charge on any atom is 1.00 e. The summed E-state index contributed by atoms with van der Waals surface area (Å²) in [6.45, 7) is 4.25. The molecule has 0 aliphatic heterocycles. The van der Waals surface area contributed by atoms with Crippen LogP contribution >= 0.6 is 0 Å². The number of hydrogen-bond donors (Lipinski definition) is 0. The van der Waals surface area contributed by atoms with E-state index < -0.39 is 16.9 Å². The van der Waals surface area contributed by atoms with Gasteiger partial charge >= 0.3 is 88.7 Å². The number of ether oxygens (including phenoxy) is 1. The van der Waals surface area contributed by atoms with Crippen molar-refractivity contribution >= 4 is 11.0 Å². The molecule has 9 heteroatoms. The molecule has 0 atom stereocenters. The van der Waals surface area contributed by atoms with Gasteiger partial charge in [0.25, 0.3) is 0 Å². The topological polar surface area (TPSA) is 109 Å². The number of benzene rings is 2. The van der Waals surface area contributed by atoms with Crippen molar-refractivity contribution in [3.63, 3.8) is 0 Å². The van der Waals surface area contributed by atoms with Gasteiger partial charge in [-0.15, -0.1) is 17.2 Å². The van der Waals surface area contributed by atoms with Gasteiger partial charge in [-0.2, -0.15) is 0 Å². The molecule has 0 aliphatic carbocycles.